The van der Waals surface area contributed by atoms with Crippen molar-refractivity contribution in [3.8, 4) is 0 Å². The van der Waals surface area contributed by atoms with E-state index in [-0.39, 0.29) is 11.9 Å². The first-order valence-corrected chi connectivity index (χ1v) is 7.71. The highest BCUT2D eigenvalue weighted by Crippen LogP contribution is 2.19. The van der Waals surface area contributed by atoms with Crippen LogP contribution in [0.1, 0.15) is 35.4 Å². The zero-order valence-corrected chi connectivity index (χ0v) is 13.5. The summed E-state index contributed by atoms with van der Waals surface area (Å²) in [6.45, 7) is 3.22. The van der Waals surface area contributed by atoms with Gasteiger partial charge in [-0.05, 0) is 24.1 Å². The predicted molar refractivity (Wildman–Crippen MR) is 85.9 cm³/mol. The highest BCUT2D eigenvalue weighted by molar-refractivity contribution is 9.10. The molecule has 0 bridgehead atoms. The molecule has 0 aliphatic heterocycles. The number of nitrogens with two attached hydrogens (primary N) is 1. The van der Waals surface area contributed by atoms with Crippen LogP contribution in [0.3, 0.4) is 0 Å². The molecule has 0 saturated carbocycles. The van der Waals surface area contributed by atoms with E-state index >= 15 is 0 Å². The summed E-state index contributed by atoms with van der Waals surface area (Å²) >= 11 is 3.41. The summed E-state index contributed by atoms with van der Waals surface area (Å²) < 4.78 is 2.84. The lowest BCUT2D eigenvalue weighted by molar-refractivity contribution is 0.0931. The van der Waals surface area contributed by atoms with E-state index in [1.165, 1.54) is 0 Å². The van der Waals surface area contributed by atoms with Gasteiger partial charge in [0.15, 0.2) is 0 Å². The topological polar surface area (TPSA) is 72.9 Å². The number of hydrogen-bond acceptors (Lipinski definition) is 3. The Bertz CT molecular complexity index is 594. The van der Waals surface area contributed by atoms with E-state index in [0.717, 1.165) is 16.5 Å². The average molecular weight is 351 g/mol. The molecule has 21 heavy (non-hydrogen) atoms. The molecule has 2 rings (SSSR count). The van der Waals surface area contributed by atoms with Gasteiger partial charge in [-0.2, -0.15) is 0 Å². The van der Waals surface area contributed by atoms with Crippen molar-refractivity contribution in [2.45, 2.75) is 25.9 Å². The summed E-state index contributed by atoms with van der Waals surface area (Å²) in [7, 11) is 0. The highest BCUT2D eigenvalue weighted by atomic mass is 79.9. The fourth-order valence-corrected chi connectivity index (χ4v) is 2.36. The maximum Gasteiger partial charge on any atom is 0.271 e. The van der Waals surface area contributed by atoms with Gasteiger partial charge in [-0.1, -0.05) is 35.0 Å². The van der Waals surface area contributed by atoms with Gasteiger partial charge >= 0.3 is 0 Å². The Labute approximate surface area is 132 Å². The standard InChI is InChI=1S/C15H19BrN4O/c1-2-13(11-3-5-12(16)6-4-11)19-15(21)14-9-20(8-7-17)10-18-14/h3-6,9-10,13H,2,7-8,17H2,1H3,(H,19,21). The third kappa shape index (κ3) is 4.15. The molecule has 112 valence electrons. The van der Waals surface area contributed by atoms with Crippen molar-refractivity contribution >= 4 is 21.8 Å². The molecule has 0 aliphatic rings. The summed E-state index contributed by atoms with van der Waals surface area (Å²) in [5.74, 6) is -0.166. The van der Waals surface area contributed by atoms with Crippen LogP contribution in [0.4, 0.5) is 0 Å². The number of aromatic nitrogens is 2. The first-order chi connectivity index (χ1) is 10.1. The monoisotopic (exact) mass is 350 g/mol. The Hall–Kier alpha value is -1.66. The SMILES string of the molecule is CCC(NC(=O)c1cn(CCN)cn1)c1ccc(Br)cc1. The molecular formula is C15H19BrN4O. The van der Waals surface area contributed by atoms with Crippen LogP contribution in [0.15, 0.2) is 41.3 Å². The average Bonchev–Trinajstić information content (AvgIpc) is 2.95. The van der Waals surface area contributed by atoms with Gasteiger partial charge in [-0.25, -0.2) is 4.98 Å². The lowest BCUT2D eigenvalue weighted by atomic mass is 10.0. The van der Waals surface area contributed by atoms with Crippen molar-refractivity contribution in [1.29, 1.82) is 0 Å². The molecular weight excluding hydrogens is 332 g/mol. The second-order valence-corrected chi connectivity index (χ2v) is 5.69. The van der Waals surface area contributed by atoms with E-state index in [1.807, 2.05) is 35.8 Å². The van der Waals surface area contributed by atoms with Crippen molar-refractivity contribution < 1.29 is 4.79 Å². The molecule has 6 heteroatoms. The van der Waals surface area contributed by atoms with Gasteiger partial charge in [0.1, 0.15) is 5.69 Å². The third-order valence-corrected chi connectivity index (χ3v) is 3.77. The normalized spacial score (nSPS) is 12.1. The van der Waals surface area contributed by atoms with Crippen LogP contribution in [-0.2, 0) is 6.54 Å². The van der Waals surface area contributed by atoms with Crippen LogP contribution >= 0.6 is 15.9 Å². The number of benzene rings is 1. The van der Waals surface area contributed by atoms with Gasteiger partial charge in [0.2, 0.25) is 0 Å². The molecule has 0 saturated heterocycles. The molecule has 1 amide bonds. The van der Waals surface area contributed by atoms with Crippen LogP contribution in [0.25, 0.3) is 0 Å². The van der Waals surface area contributed by atoms with E-state index in [9.17, 15) is 4.79 Å². The number of rotatable bonds is 6. The van der Waals surface area contributed by atoms with Gasteiger partial charge in [0, 0.05) is 23.8 Å². The molecule has 1 unspecified atom stereocenters. The Kier molecular flexibility index (Phi) is 5.52. The zero-order chi connectivity index (χ0) is 15.2. The fraction of sp³-hybridized carbons (Fsp3) is 0.333. The van der Waals surface area contributed by atoms with Gasteiger partial charge in [0.05, 0.1) is 12.4 Å². The van der Waals surface area contributed by atoms with E-state index in [4.69, 9.17) is 5.73 Å². The molecule has 0 fully saturated rings. The Balaban J connectivity index is 2.06. The van der Waals surface area contributed by atoms with Gasteiger partial charge in [-0.3, -0.25) is 4.79 Å². The first-order valence-electron chi connectivity index (χ1n) is 6.92. The largest absolute Gasteiger partial charge is 0.344 e. The van der Waals surface area contributed by atoms with Crippen molar-refractivity contribution in [2.24, 2.45) is 5.73 Å². The van der Waals surface area contributed by atoms with Crippen LogP contribution < -0.4 is 11.1 Å². The highest BCUT2D eigenvalue weighted by Gasteiger charge is 2.15. The molecule has 0 spiro atoms. The Morgan fingerprint density at radius 3 is 2.76 bits per heavy atom. The summed E-state index contributed by atoms with van der Waals surface area (Å²) in [5, 5.41) is 3.01. The molecule has 1 aromatic heterocycles. The van der Waals surface area contributed by atoms with Crippen LogP contribution in [-0.4, -0.2) is 22.0 Å². The minimum Gasteiger partial charge on any atom is -0.344 e. The molecule has 1 atom stereocenters. The van der Waals surface area contributed by atoms with Crippen molar-refractivity contribution in [3.05, 3.63) is 52.5 Å². The lowest BCUT2D eigenvalue weighted by Crippen LogP contribution is -2.28. The number of halogens is 1. The summed E-state index contributed by atoms with van der Waals surface area (Å²) in [6, 6.07) is 7.93. The minimum atomic E-state index is -0.166. The number of nitrogens with one attached hydrogen (secondary N) is 1. The quantitative estimate of drug-likeness (QED) is 0.840. The van der Waals surface area contributed by atoms with Crippen molar-refractivity contribution in [2.75, 3.05) is 6.54 Å². The molecule has 3 N–H and O–H groups in total. The third-order valence-electron chi connectivity index (χ3n) is 3.24. The number of carbonyl (C=O) groups is 1. The van der Waals surface area contributed by atoms with E-state index in [0.29, 0.717) is 18.8 Å². The summed E-state index contributed by atoms with van der Waals surface area (Å²) in [4.78, 5) is 16.4. The first kappa shape index (κ1) is 15.7. The fourth-order valence-electron chi connectivity index (χ4n) is 2.10. The van der Waals surface area contributed by atoms with Crippen LogP contribution in [0, 0.1) is 0 Å². The Morgan fingerprint density at radius 1 is 1.43 bits per heavy atom. The summed E-state index contributed by atoms with van der Waals surface area (Å²) in [6.07, 6.45) is 4.16. The van der Waals surface area contributed by atoms with Gasteiger partial charge in [0.25, 0.3) is 5.91 Å². The minimum absolute atomic E-state index is 0.0229. The number of amides is 1. The second kappa shape index (κ2) is 7.38. The number of imidazole rings is 1. The van der Waals surface area contributed by atoms with Gasteiger partial charge in [-0.15, -0.1) is 0 Å². The molecule has 0 aliphatic carbocycles. The second-order valence-electron chi connectivity index (χ2n) is 4.77. The Morgan fingerprint density at radius 2 is 2.14 bits per heavy atom. The number of nitrogens with zero attached hydrogens (tertiary/aromatic N) is 2. The van der Waals surface area contributed by atoms with Crippen LogP contribution in [0.2, 0.25) is 0 Å². The maximum atomic E-state index is 12.2. The van der Waals surface area contributed by atoms with E-state index in [1.54, 1.807) is 12.5 Å². The predicted octanol–water partition coefficient (Wildman–Crippen LogP) is 2.49. The zero-order valence-electron chi connectivity index (χ0n) is 11.9. The smallest absolute Gasteiger partial charge is 0.271 e. The molecule has 1 heterocycles. The van der Waals surface area contributed by atoms with Crippen molar-refractivity contribution in [3.63, 3.8) is 0 Å². The molecule has 5 nitrogen and oxygen atoms in total. The maximum absolute atomic E-state index is 12.2. The number of hydrogen-bond donors (Lipinski definition) is 2. The van der Waals surface area contributed by atoms with Gasteiger partial charge < -0.3 is 15.6 Å². The molecule has 0 radical (unpaired) electrons. The summed E-state index contributed by atoms with van der Waals surface area (Å²) in [5.41, 5.74) is 6.98. The molecule has 1 aromatic carbocycles. The van der Waals surface area contributed by atoms with E-state index < -0.39 is 0 Å². The molecule has 2 aromatic rings. The van der Waals surface area contributed by atoms with Crippen LogP contribution in [0.5, 0.6) is 0 Å². The van der Waals surface area contributed by atoms with Crippen molar-refractivity contribution in [1.82, 2.24) is 14.9 Å². The lowest BCUT2D eigenvalue weighted by Gasteiger charge is -2.16. The van der Waals surface area contributed by atoms with E-state index in [2.05, 4.69) is 26.2 Å². The number of carbonyl (C=O) groups excluding carboxylic acids is 1.